The first-order valence-corrected chi connectivity index (χ1v) is 6.84. The van der Waals surface area contributed by atoms with E-state index in [1.165, 1.54) is 0 Å². The van der Waals surface area contributed by atoms with Crippen LogP contribution in [0.15, 0.2) is 23.5 Å². The number of aromatic nitrogens is 2. The summed E-state index contributed by atoms with van der Waals surface area (Å²) in [7, 11) is 0. The number of hydrogen-bond acceptors (Lipinski definition) is 4. The average Bonchev–Trinajstić information content (AvgIpc) is 2.52. The lowest BCUT2D eigenvalue weighted by Crippen LogP contribution is -2.53. The van der Waals surface area contributed by atoms with Crippen molar-refractivity contribution >= 4 is 11.9 Å². The summed E-state index contributed by atoms with van der Waals surface area (Å²) in [6, 6.07) is 1.83. The number of terminal acetylenes is 1. The topological polar surface area (TPSA) is 56.7 Å². The highest BCUT2D eigenvalue weighted by molar-refractivity contribution is 5.80. The van der Waals surface area contributed by atoms with E-state index < -0.39 is 0 Å². The van der Waals surface area contributed by atoms with Gasteiger partial charge < -0.3 is 15.1 Å². The second-order valence-corrected chi connectivity index (χ2v) is 4.40. The van der Waals surface area contributed by atoms with E-state index in [2.05, 4.69) is 42.9 Å². The largest absolute Gasteiger partial charge is 0.356 e. The molecule has 0 saturated carbocycles. The first-order chi connectivity index (χ1) is 9.85. The number of nitrogens with zero attached hydrogens (tertiary/aromatic N) is 5. The van der Waals surface area contributed by atoms with Crippen molar-refractivity contribution in [2.24, 2.45) is 4.99 Å². The standard InChI is InChI=1S/C14H20N6/c1-3-6-16-13(15-4-2)19-9-11-20(12-10-19)14-17-7-5-8-18-14/h1,5,7-8H,4,6,9-12H2,2H3,(H,15,16). The van der Waals surface area contributed by atoms with Crippen LogP contribution in [0.2, 0.25) is 0 Å². The number of guanidine groups is 1. The van der Waals surface area contributed by atoms with Gasteiger partial charge in [-0.2, -0.15) is 0 Å². The zero-order chi connectivity index (χ0) is 14.2. The number of rotatable bonds is 3. The predicted molar refractivity (Wildman–Crippen MR) is 80.6 cm³/mol. The molecule has 1 fully saturated rings. The molecule has 6 heteroatoms. The van der Waals surface area contributed by atoms with Crippen LogP contribution in [0.1, 0.15) is 6.92 Å². The van der Waals surface area contributed by atoms with Crippen molar-refractivity contribution in [2.45, 2.75) is 6.92 Å². The number of nitrogens with one attached hydrogen (secondary N) is 1. The Balaban J connectivity index is 1.94. The van der Waals surface area contributed by atoms with E-state index >= 15 is 0 Å². The number of aliphatic imine (C=N–C) groups is 1. The Morgan fingerprint density at radius 3 is 2.65 bits per heavy atom. The molecular weight excluding hydrogens is 252 g/mol. The van der Waals surface area contributed by atoms with Crippen molar-refractivity contribution < 1.29 is 0 Å². The first kappa shape index (κ1) is 14.1. The fraction of sp³-hybridized carbons (Fsp3) is 0.500. The zero-order valence-corrected chi connectivity index (χ0v) is 11.8. The molecule has 0 aromatic carbocycles. The van der Waals surface area contributed by atoms with Crippen LogP contribution in [0.4, 0.5) is 5.95 Å². The Hall–Kier alpha value is -2.29. The lowest BCUT2D eigenvalue weighted by atomic mass is 10.3. The number of hydrogen-bond donors (Lipinski definition) is 1. The van der Waals surface area contributed by atoms with Crippen molar-refractivity contribution in [3.05, 3.63) is 18.5 Å². The minimum atomic E-state index is 0.407. The van der Waals surface area contributed by atoms with Gasteiger partial charge in [0.05, 0.1) is 0 Å². The van der Waals surface area contributed by atoms with Crippen molar-refractivity contribution in [1.82, 2.24) is 20.2 Å². The molecule has 0 atom stereocenters. The van der Waals surface area contributed by atoms with Gasteiger partial charge in [-0.05, 0) is 13.0 Å². The van der Waals surface area contributed by atoms with E-state index in [1.807, 2.05) is 6.07 Å². The maximum Gasteiger partial charge on any atom is 0.225 e. The van der Waals surface area contributed by atoms with Gasteiger partial charge in [-0.15, -0.1) is 6.42 Å². The summed E-state index contributed by atoms with van der Waals surface area (Å²) in [4.78, 5) is 17.4. The summed E-state index contributed by atoms with van der Waals surface area (Å²) >= 11 is 0. The maximum atomic E-state index is 5.27. The van der Waals surface area contributed by atoms with E-state index in [4.69, 9.17) is 6.42 Å². The molecule has 1 N–H and O–H groups in total. The van der Waals surface area contributed by atoms with Gasteiger partial charge in [-0.25, -0.2) is 15.0 Å². The lowest BCUT2D eigenvalue weighted by molar-refractivity contribution is 0.370. The summed E-state index contributed by atoms with van der Waals surface area (Å²) in [5, 5.41) is 3.27. The van der Waals surface area contributed by atoms with Crippen molar-refractivity contribution in [1.29, 1.82) is 0 Å². The molecule has 1 aromatic rings. The molecular formula is C14H20N6. The predicted octanol–water partition coefficient (Wildman–Crippen LogP) is 0.197. The maximum absolute atomic E-state index is 5.27. The summed E-state index contributed by atoms with van der Waals surface area (Å²) < 4.78 is 0. The third-order valence-electron chi connectivity index (χ3n) is 3.07. The highest BCUT2D eigenvalue weighted by atomic mass is 15.4. The molecule has 0 radical (unpaired) electrons. The molecule has 0 amide bonds. The Bertz CT molecular complexity index is 470. The molecule has 1 saturated heterocycles. The molecule has 0 spiro atoms. The van der Waals surface area contributed by atoms with Gasteiger partial charge in [-0.3, -0.25) is 0 Å². The van der Waals surface area contributed by atoms with Gasteiger partial charge in [0.2, 0.25) is 5.95 Å². The number of anilines is 1. The molecule has 0 unspecified atom stereocenters. The molecule has 2 rings (SSSR count). The number of piperazine rings is 1. The van der Waals surface area contributed by atoms with Crippen LogP contribution in [0.3, 0.4) is 0 Å². The molecule has 1 aliphatic heterocycles. The summed E-state index contributed by atoms with van der Waals surface area (Å²) in [6.45, 7) is 6.83. The van der Waals surface area contributed by atoms with Gasteiger partial charge in [-0.1, -0.05) is 5.92 Å². The van der Waals surface area contributed by atoms with Crippen LogP contribution in [0.5, 0.6) is 0 Å². The van der Waals surface area contributed by atoms with Gasteiger partial charge >= 0.3 is 0 Å². The molecule has 106 valence electrons. The first-order valence-electron chi connectivity index (χ1n) is 6.84. The van der Waals surface area contributed by atoms with E-state index in [9.17, 15) is 0 Å². The molecule has 2 heterocycles. The summed E-state index contributed by atoms with van der Waals surface area (Å²) in [6.07, 6.45) is 8.81. The smallest absolute Gasteiger partial charge is 0.225 e. The fourth-order valence-electron chi connectivity index (χ4n) is 2.12. The Morgan fingerprint density at radius 2 is 2.05 bits per heavy atom. The molecule has 0 aliphatic carbocycles. The van der Waals surface area contributed by atoms with E-state index in [0.29, 0.717) is 6.54 Å². The minimum absolute atomic E-state index is 0.407. The quantitative estimate of drug-likeness (QED) is 0.484. The fourth-order valence-corrected chi connectivity index (χ4v) is 2.12. The second-order valence-electron chi connectivity index (χ2n) is 4.40. The van der Waals surface area contributed by atoms with Crippen LogP contribution in [-0.4, -0.2) is 60.1 Å². The molecule has 0 bridgehead atoms. The Labute approximate surface area is 119 Å². The average molecular weight is 272 g/mol. The SMILES string of the molecule is C#CCN=C(NCC)N1CCN(c2ncccn2)CC1. The van der Waals surface area contributed by atoms with Gasteiger partial charge in [0.1, 0.15) is 6.54 Å². The Morgan fingerprint density at radius 1 is 1.35 bits per heavy atom. The van der Waals surface area contributed by atoms with Crippen molar-refractivity contribution in [3.8, 4) is 12.3 Å². The van der Waals surface area contributed by atoms with Crippen LogP contribution >= 0.6 is 0 Å². The highest BCUT2D eigenvalue weighted by Gasteiger charge is 2.20. The Kier molecular flexibility index (Phi) is 5.18. The zero-order valence-electron chi connectivity index (χ0n) is 11.8. The van der Waals surface area contributed by atoms with Crippen LogP contribution in [-0.2, 0) is 0 Å². The highest BCUT2D eigenvalue weighted by Crippen LogP contribution is 2.09. The molecule has 1 aliphatic rings. The molecule has 1 aromatic heterocycles. The van der Waals surface area contributed by atoms with E-state index in [-0.39, 0.29) is 0 Å². The van der Waals surface area contributed by atoms with Crippen LogP contribution in [0, 0.1) is 12.3 Å². The minimum Gasteiger partial charge on any atom is -0.356 e. The lowest BCUT2D eigenvalue weighted by Gasteiger charge is -2.36. The van der Waals surface area contributed by atoms with Crippen molar-refractivity contribution in [2.75, 3.05) is 44.2 Å². The van der Waals surface area contributed by atoms with E-state index in [1.54, 1.807) is 12.4 Å². The van der Waals surface area contributed by atoms with Gasteiger partial charge in [0, 0.05) is 45.1 Å². The third-order valence-corrected chi connectivity index (χ3v) is 3.07. The monoisotopic (exact) mass is 272 g/mol. The summed E-state index contributed by atoms with van der Waals surface area (Å²) in [5.74, 6) is 4.22. The van der Waals surface area contributed by atoms with Crippen LogP contribution < -0.4 is 10.2 Å². The van der Waals surface area contributed by atoms with Gasteiger partial charge in [0.15, 0.2) is 5.96 Å². The van der Waals surface area contributed by atoms with Crippen molar-refractivity contribution in [3.63, 3.8) is 0 Å². The van der Waals surface area contributed by atoms with E-state index in [0.717, 1.165) is 44.6 Å². The van der Waals surface area contributed by atoms with Gasteiger partial charge in [0.25, 0.3) is 0 Å². The third kappa shape index (κ3) is 3.60. The van der Waals surface area contributed by atoms with Crippen LogP contribution in [0.25, 0.3) is 0 Å². The normalized spacial score (nSPS) is 15.9. The summed E-state index contributed by atoms with van der Waals surface area (Å²) in [5.41, 5.74) is 0. The molecule has 20 heavy (non-hydrogen) atoms. The second kappa shape index (κ2) is 7.34. The molecule has 6 nitrogen and oxygen atoms in total.